The molecule has 0 aliphatic carbocycles. The molecule has 7 nitrogen and oxygen atoms in total. The molecule has 170 valence electrons. The molecular weight excluding hydrogens is 414 g/mol. The van der Waals surface area contributed by atoms with Gasteiger partial charge in [-0.1, -0.05) is 31.2 Å². The number of fused-ring (bicyclic) bond motifs is 2. The highest BCUT2D eigenvalue weighted by molar-refractivity contribution is 8.02. The molecule has 0 radical (unpaired) electrons. The van der Waals surface area contributed by atoms with Crippen LogP contribution in [-0.4, -0.2) is 91.9 Å². The lowest BCUT2D eigenvalue weighted by Gasteiger charge is -2.40. The van der Waals surface area contributed by atoms with Crippen LogP contribution in [0, 0.1) is 11.8 Å². The third-order valence-corrected chi connectivity index (χ3v) is 9.22. The molecule has 31 heavy (non-hydrogen) atoms. The standard InChI is InChI=1S/C23H33N3O4S/c1-6-15(13-27)26-18-21(30)25(14(2)3)12-8-10-23(18)17(20(26)29)16-19(28)24(5)11-7-9-22(16,4)31-23/h7-10,14-18,27H,6,11-13H2,1-5H3/t15-,16-,17-,18?,22+,23-/m0/s1. The van der Waals surface area contributed by atoms with E-state index >= 15 is 0 Å². The van der Waals surface area contributed by atoms with Crippen molar-refractivity contribution in [3.63, 3.8) is 0 Å². The molecule has 8 heteroatoms. The van der Waals surface area contributed by atoms with Gasteiger partial charge in [0.15, 0.2) is 0 Å². The van der Waals surface area contributed by atoms with E-state index in [2.05, 4.69) is 6.08 Å². The average Bonchev–Trinajstić information content (AvgIpc) is 2.99. The minimum absolute atomic E-state index is 0.0161. The van der Waals surface area contributed by atoms with Gasteiger partial charge in [0, 0.05) is 30.9 Å². The molecular formula is C23H33N3O4S. The summed E-state index contributed by atoms with van der Waals surface area (Å²) < 4.78 is -1.41. The predicted molar refractivity (Wildman–Crippen MR) is 120 cm³/mol. The zero-order valence-corrected chi connectivity index (χ0v) is 19.8. The summed E-state index contributed by atoms with van der Waals surface area (Å²) in [5.74, 6) is -1.54. The van der Waals surface area contributed by atoms with Crippen LogP contribution < -0.4 is 0 Å². The Hall–Kier alpha value is -1.80. The molecule has 0 bridgehead atoms. The third kappa shape index (κ3) is 3.01. The molecule has 6 atom stereocenters. The third-order valence-electron chi connectivity index (χ3n) is 7.43. The fraction of sp³-hybridized carbons (Fsp3) is 0.696. The summed E-state index contributed by atoms with van der Waals surface area (Å²) in [6.07, 6.45) is 8.60. The molecule has 4 rings (SSSR count). The maximum absolute atomic E-state index is 14.0. The van der Waals surface area contributed by atoms with E-state index in [0.717, 1.165) is 0 Å². The Bertz CT molecular complexity index is 854. The van der Waals surface area contributed by atoms with Crippen molar-refractivity contribution in [1.82, 2.24) is 14.7 Å². The largest absolute Gasteiger partial charge is 0.394 e. The van der Waals surface area contributed by atoms with Crippen LogP contribution in [0.4, 0.5) is 0 Å². The molecule has 3 amide bonds. The number of aliphatic hydroxyl groups is 1. The molecule has 0 aromatic carbocycles. The zero-order valence-electron chi connectivity index (χ0n) is 18.9. The van der Waals surface area contributed by atoms with Gasteiger partial charge >= 0.3 is 0 Å². The minimum Gasteiger partial charge on any atom is -0.394 e. The predicted octanol–water partition coefficient (Wildman–Crippen LogP) is 1.28. The number of hydrogen-bond donors (Lipinski definition) is 1. The SMILES string of the molecule is CC[C@@H](CO)N1C(=O)[C@@H]2[C@H]3C(=O)N(C)CC=C[C@@]3(C)S[C@@]23C=CCN(C(C)C)C(=O)C13. The van der Waals surface area contributed by atoms with Crippen molar-refractivity contribution in [2.45, 2.75) is 61.7 Å². The Morgan fingerprint density at radius 3 is 2.39 bits per heavy atom. The lowest BCUT2D eigenvalue weighted by Crippen LogP contribution is -2.57. The summed E-state index contributed by atoms with van der Waals surface area (Å²) in [5, 5.41) is 10.1. The van der Waals surface area contributed by atoms with Crippen molar-refractivity contribution in [3.8, 4) is 0 Å². The lowest BCUT2D eigenvalue weighted by molar-refractivity contribution is -0.147. The molecule has 0 saturated carbocycles. The normalized spacial score (nSPS) is 38.4. The van der Waals surface area contributed by atoms with Gasteiger partial charge in [-0.05, 0) is 27.2 Å². The Balaban J connectivity index is 1.93. The van der Waals surface area contributed by atoms with E-state index in [1.165, 1.54) is 0 Å². The number of rotatable bonds is 4. The van der Waals surface area contributed by atoms with E-state index in [-0.39, 0.29) is 30.4 Å². The van der Waals surface area contributed by atoms with Crippen LogP contribution in [0.25, 0.3) is 0 Å². The van der Waals surface area contributed by atoms with E-state index in [1.54, 1.807) is 33.5 Å². The fourth-order valence-corrected chi connectivity index (χ4v) is 8.02. The Morgan fingerprint density at radius 2 is 1.77 bits per heavy atom. The van der Waals surface area contributed by atoms with Crippen molar-refractivity contribution in [2.24, 2.45) is 11.8 Å². The second-order valence-corrected chi connectivity index (χ2v) is 11.4. The summed E-state index contributed by atoms with van der Waals surface area (Å²) in [5.41, 5.74) is 0. The number of nitrogens with zero attached hydrogens (tertiary/aromatic N) is 3. The molecule has 2 saturated heterocycles. The maximum atomic E-state index is 14.0. The summed E-state index contributed by atoms with van der Waals surface area (Å²) >= 11 is 1.58. The Kier molecular flexibility index (Phi) is 5.53. The highest BCUT2D eigenvalue weighted by Crippen LogP contribution is 2.65. The van der Waals surface area contributed by atoms with Gasteiger partial charge < -0.3 is 19.8 Å². The van der Waals surface area contributed by atoms with Gasteiger partial charge in [0.2, 0.25) is 17.7 Å². The first-order valence-electron chi connectivity index (χ1n) is 11.2. The molecule has 4 aliphatic rings. The van der Waals surface area contributed by atoms with E-state index in [4.69, 9.17) is 0 Å². The topological polar surface area (TPSA) is 81.2 Å². The van der Waals surface area contributed by atoms with Crippen molar-refractivity contribution in [1.29, 1.82) is 0 Å². The van der Waals surface area contributed by atoms with Crippen LogP contribution in [0.15, 0.2) is 24.3 Å². The second-order valence-electron chi connectivity index (χ2n) is 9.60. The van der Waals surface area contributed by atoms with Crippen molar-refractivity contribution >= 4 is 29.5 Å². The van der Waals surface area contributed by atoms with Crippen LogP contribution in [0.2, 0.25) is 0 Å². The minimum atomic E-state index is -0.835. The number of likely N-dealkylation sites (N-methyl/N-ethyl adjacent to an activating group) is 1. The van der Waals surface area contributed by atoms with Crippen LogP contribution in [0.5, 0.6) is 0 Å². The van der Waals surface area contributed by atoms with Crippen molar-refractivity contribution in [3.05, 3.63) is 24.3 Å². The van der Waals surface area contributed by atoms with Crippen LogP contribution >= 0.6 is 11.8 Å². The summed E-state index contributed by atoms with van der Waals surface area (Å²) in [6.45, 7) is 8.66. The van der Waals surface area contributed by atoms with Gasteiger partial charge in [0.1, 0.15) is 6.04 Å². The summed E-state index contributed by atoms with van der Waals surface area (Å²) in [4.78, 5) is 46.5. The first kappa shape index (κ1) is 22.4. The molecule has 1 spiro atoms. The van der Waals surface area contributed by atoms with E-state index < -0.39 is 33.4 Å². The van der Waals surface area contributed by atoms with E-state index in [1.807, 2.05) is 45.9 Å². The van der Waals surface area contributed by atoms with Crippen LogP contribution in [0.1, 0.15) is 34.1 Å². The number of hydrogen-bond acceptors (Lipinski definition) is 5. The molecule has 4 aliphatic heterocycles. The van der Waals surface area contributed by atoms with Gasteiger partial charge in [-0.2, -0.15) is 0 Å². The van der Waals surface area contributed by atoms with Gasteiger partial charge in [-0.3, -0.25) is 14.4 Å². The highest BCUT2D eigenvalue weighted by atomic mass is 32.2. The smallest absolute Gasteiger partial charge is 0.247 e. The summed E-state index contributed by atoms with van der Waals surface area (Å²) in [7, 11) is 1.76. The first-order chi connectivity index (χ1) is 14.6. The van der Waals surface area contributed by atoms with Gasteiger partial charge in [0.25, 0.3) is 0 Å². The van der Waals surface area contributed by atoms with Crippen LogP contribution in [-0.2, 0) is 14.4 Å². The van der Waals surface area contributed by atoms with Crippen LogP contribution in [0.3, 0.4) is 0 Å². The number of carbonyl (C=O) groups is 3. The monoisotopic (exact) mass is 447 g/mol. The maximum Gasteiger partial charge on any atom is 0.247 e. The summed E-state index contributed by atoms with van der Waals surface area (Å²) in [6, 6.07) is -1.20. The number of likely N-dealkylation sites (tertiary alicyclic amines) is 1. The highest BCUT2D eigenvalue weighted by Gasteiger charge is 2.74. The number of aliphatic hydroxyl groups excluding tert-OH is 1. The van der Waals surface area contributed by atoms with E-state index in [9.17, 15) is 19.5 Å². The van der Waals surface area contributed by atoms with Crippen molar-refractivity contribution < 1.29 is 19.5 Å². The Labute approximate surface area is 188 Å². The second kappa shape index (κ2) is 7.66. The quantitative estimate of drug-likeness (QED) is 0.657. The Morgan fingerprint density at radius 1 is 1.10 bits per heavy atom. The molecule has 2 fully saturated rings. The molecule has 4 heterocycles. The number of carbonyl (C=O) groups excluding carboxylic acids is 3. The zero-order chi connectivity index (χ0) is 22.7. The molecule has 1 N–H and O–H groups in total. The number of amides is 3. The lowest BCUT2D eigenvalue weighted by atomic mass is 9.74. The van der Waals surface area contributed by atoms with Gasteiger partial charge in [-0.15, -0.1) is 11.8 Å². The average molecular weight is 448 g/mol. The molecule has 0 aromatic heterocycles. The van der Waals surface area contributed by atoms with Gasteiger partial charge in [0.05, 0.1) is 29.2 Å². The number of thioether (sulfide) groups is 1. The first-order valence-corrected chi connectivity index (χ1v) is 12.0. The van der Waals surface area contributed by atoms with Crippen molar-refractivity contribution in [2.75, 3.05) is 26.7 Å². The molecule has 1 unspecified atom stereocenters. The molecule has 0 aromatic rings. The fourth-order valence-electron chi connectivity index (χ4n) is 5.87. The van der Waals surface area contributed by atoms with E-state index in [0.29, 0.717) is 19.5 Å². The van der Waals surface area contributed by atoms with Gasteiger partial charge in [-0.25, -0.2) is 0 Å².